The molecule has 0 aliphatic carbocycles. The number of halogens is 2. The first-order chi connectivity index (χ1) is 20.0. The van der Waals surface area contributed by atoms with Gasteiger partial charge in [0.05, 0.1) is 5.02 Å². The van der Waals surface area contributed by atoms with Crippen molar-refractivity contribution in [1.29, 1.82) is 0 Å². The summed E-state index contributed by atoms with van der Waals surface area (Å²) in [6, 6.07) is 15.3. The van der Waals surface area contributed by atoms with Crippen LogP contribution in [0.1, 0.15) is 27.7 Å². The summed E-state index contributed by atoms with van der Waals surface area (Å²) in [5, 5.41) is 2.62. The first-order valence-corrected chi connectivity index (χ1v) is 14.3. The topological polar surface area (TPSA) is 61.8 Å². The monoisotopic (exact) mass is 587 g/mol. The Morgan fingerprint density at radius 2 is 1.79 bits per heavy atom. The summed E-state index contributed by atoms with van der Waals surface area (Å²) in [6.45, 7) is 9.11. The first-order valence-electron chi connectivity index (χ1n) is 14.0. The number of ether oxygens (including phenoxy) is 1. The van der Waals surface area contributed by atoms with E-state index < -0.39 is 5.82 Å². The zero-order valence-electron chi connectivity index (χ0n) is 24.8. The van der Waals surface area contributed by atoms with Crippen LogP contribution >= 0.6 is 11.6 Å². The van der Waals surface area contributed by atoms with E-state index in [0.717, 1.165) is 16.3 Å². The molecule has 1 aliphatic heterocycles. The molecule has 1 amide bonds. The fourth-order valence-corrected chi connectivity index (χ4v) is 5.65. The number of fused-ring (bicyclic) bond motifs is 2. The number of carbonyl (C=O) groups is 1. The molecule has 218 valence electrons. The molecule has 4 aromatic rings. The van der Waals surface area contributed by atoms with Crippen LogP contribution in [-0.4, -0.2) is 65.4 Å². The van der Waals surface area contributed by atoms with Crippen LogP contribution in [0, 0.1) is 5.82 Å². The predicted molar refractivity (Wildman–Crippen MR) is 168 cm³/mol. The quantitative estimate of drug-likeness (QED) is 0.178. The number of anilines is 1. The Labute approximate surface area is 250 Å². The smallest absolute Gasteiger partial charge is 0.325 e. The van der Waals surface area contributed by atoms with E-state index in [4.69, 9.17) is 21.3 Å². The summed E-state index contributed by atoms with van der Waals surface area (Å²) in [5.74, 6) is 0.487. The fourth-order valence-electron chi connectivity index (χ4n) is 5.36. The molecule has 0 spiro atoms. The minimum atomic E-state index is -0.544. The Kier molecular flexibility index (Phi) is 8.36. The second kappa shape index (κ2) is 12.0. The van der Waals surface area contributed by atoms with Gasteiger partial charge in [-0.3, -0.25) is 4.79 Å². The maximum absolute atomic E-state index is 16.7. The Hall–Kier alpha value is -4.17. The van der Waals surface area contributed by atoms with Crippen molar-refractivity contribution in [3.8, 4) is 17.1 Å². The third-order valence-electron chi connectivity index (χ3n) is 7.43. The van der Waals surface area contributed by atoms with Crippen LogP contribution in [0.4, 0.5) is 10.2 Å². The molecule has 7 nitrogen and oxygen atoms in total. The standard InChI is InChI=1S/C33H35ClFN5O2/c1-20(2)14-15-28(38(5)6)42-33-36-31-26(32(37-33)39-16-17-40(22(4)41)21(3)19-39)18-27(34)29(30(31)35)25-13-9-11-23-10-7-8-12-24(23)25/h7-15,18,21H,16-17,19H2,1-6H3/b28-15+. The number of hydrogen-bond acceptors (Lipinski definition) is 6. The first kappa shape index (κ1) is 29.3. The lowest BCUT2D eigenvalue weighted by Gasteiger charge is -2.40. The van der Waals surface area contributed by atoms with Crippen LogP contribution in [0.2, 0.25) is 5.02 Å². The van der Waals surface area contributed by atoms with Crippen LogP contribution < -0.4 is 9.64 Å². The van der Waals surface area contributed by atoms with Crippen molar-refractivity contribution in [3.63, 3.8) is 0 Å². The lowest BCUT2D eigenvalue weighted by Crippen LogP contribution is -2.53. The predicted octanol–water partition coefficient (Wildman–Crippen LogP) is 7.05. The van der Waals surface area contributed by atoms with Crippen LogP contribution in [0.15, 0.2) is 72.1 Å². The fraction of sp³-hybridized carbons (Fsp3) is 0.303. The van der Waals surface area contributed by atoms with Crippen LogP contribution in [-0.2, 0) is 4.79 Å². The van der Waals surface area contributed by atoms with Crippen molar-refractivity contribution >= 4 is 45.0 Å². The molecule has 1 unspecified atom stereocenters. The second-order valence-electron chi connectivity index (χ2n) is 11.1. The Bertz CT molecular complexity index is 1730. The number of rotatable bonds is 6. The van der Waals surface area contributed by atoms with Gasteiger partial charge in [-0.2, -0.15) is 9.97 Å². The van der Waals surface area contributed by atoms with Gasteiger partial charge in [-0.15, -0.1) is 0 Å². The molecule has 1 aliphatic rings. The number of benzene rings is 3. The molecule has 0 saturated carbocycles. The highest BCUT2D eigenvalue weighted by molar-refractivity contribution is 6.35. The minimum absolute atomic E-state index is 0.0198. The summed E-state index contributed by atoms with van der Waals surface area (Å²) >= 11 is 6.86. The van der Waals surface area contributed by atoms with Crippen molar-refractivity contribution in [2.24, 2.45) is 0 Å². The summed E-state index contributed by atoms with van der Waals surface area (Å²) < 4.78 is 22.9. The van der Waals surface area contributed by atoms with Crippen molar-refractivity contribution < 1.29 is 13.9 Å². The summed E-state index contributed by atoms with van der Waals surface area (Å²) in [6.07, 6.45) is 3.76. The van der Waals surface area contributed by atoms with Gasteiger partial charge in [-0.1, -0.05) is 65.7 Å². The van der Waals surface area contributed by atoms with Crippen molar-refractivity contribution in [1.82, 2.24) is 19.8 Å². The number of amides is 1. The lowest BCUT2D eigenvalue weighted by molar-refractivity contribution is -0.131. The molecule has 9 heteroatoms. The number of allylic oxidation sites excluding steroid dienone is 3. The van der Waals surface area contributed by atoms with E-state index in [-0.39, 0.29) is 34.1 Å². The molecule has 1 fully saturated rings. The number of nitrogens with zero attached hydrogens (tertiary/aromatic N) is 5. The van der Waals surface area contributed by atoms with Crippen molar-refractivity contribution in [2.75, 3.05) is 38.6 Å². The molecule has 5 rings (SSSR count). The van der Waals surface area contributed by atoms with E-state index >= 15 is 4.39 Å². The number of piperazine rings is 1. The number of aromatic nitrogens is 2. The van der Waals surface area contributed by atoms with E-state index in [1.54, 1.807) is 17.9 Å². The zero-order chi connectivity index (χ0) is 30.1. The third-order valence-corrected chi connectivity index (χ3v) is 7.73. The van der Waals surface area contributed by atoms with Crippen molar-refractivity contribution in [3.05, 3.63) is 83.0 Å². The molecular formula is C33H35ClFN5O2. The molecule has 0 N–H and O–H groups in total. The average molecular weight is 588 g/mol. The highest BCUT2D eigenvalue weighted by Crippen LogP contribution is 2.41. The number of carbonyl (C=O) groups excluding carboxylic acids is 1. The van der Waals surface area contributed by atoms with Gasteiger partial charge in [0.25, 0.3) is 0 Å². The minimum Gasteiger partial charge on any atom is -0.407 e. The Morgan fingerprint density at radius 3 is 2.48 bits per heavy atom. The normalized spacial score (nSPS) is 15.7. The van der Waals surface area contributed by atoms with Gasteiger partial charge in [-0.25, -0.2) is 4.39 Å². The highest BCUT2D eigenvalue weighted by atomic mass is 35.5. The Morgan fingerprint density at radius 1 is 1.05 bits per heavy atom. The summed E-state index contributed by atoms with van der Waals surface area (Å²) in [5.41, 5.74) is 2.17. The maximum Gasteiger partial charge on any atom is 0.325 e. The van der Waals surface area contributed by atoms with E-state index in [9.17, 15) is 4.79 Å². The molecule has 1 aromatic heterocycles. The maximum atomic E-state index is 16.7. The third kappa shape index (κ3) is 5.77. The van der Waals surface area contributed by atoms with Gasteiger partial charge >= 0.3 is 6.01 Å². The van der Waals surface area contributed by atoms with E-state index in [1.165, 1.54) is 0 Å². The average Bonchev–Trinajstić information content (AvgIpc) is 2.95. The van der Waals surface area contributed by atoms with Crippen LogP contribution in [0.3, 0.4) is 0 Å². The SMILES string of the molecule is CC(=O)N1CCN(c2nc(O/C(=C/C=C(C)C)N(C)C)nc3c(F)c(-c4cccc5ccccc45)c(Cl)cc23)CC1C. The van der Waals surface area contributed by atoms with E-state index in [0.29, 0.717) is 42.3 Å². The highest BCUT2D eigenvalue weighted by Gasteiger charge is 2.29. The van der Waals surface area contributed by atoms with Crippen LogP contribution in [0.25, 0.3) is 32.8 Å². The molecule has 2 heterocycles. The summed E-state index contributed by atoms with van der Waals surface area (Å²) in [7, 11) is 3.71. The molecular weight excluding hydrogens is 553 g/mol. The van der Waals surface area contributed by atoms with Gasteiger partial charge in [0.15, 0.2) is 11.7 Å². The molecule has 0 radical (unpaired) electrons. The molecule has 1 atom stereocenters. The van der Waals surface area contributed by atoms with E-state index in [1.807, 2.05) is 99.3 Å². The number of hydrogen-bond donors (Lipinski definition) is 0. The second-order valence-corrected chi connectivity index (χ2v) is 11.5. The van der Waals surface area contributed by atoms with Gasteiger partial charge in [0, 0.05) is 57.6 Å². The molecule has 1 saturated heterocycles. The van der Waals surface area contributed by atoms with Crippen LogP contribution in [0.5, 0.6) is 6.01 Å². The molecule has 0 bridgehead atoms. The molecule has 42 heavy (non-hydrogen) atoms. The largest absolute Gasteiger partial charge is 0.407 e. The summed E-state index contributed by atoms with van der Waals surface area (Å²) in [4.78, 5) is 27.2. The van der Waals surface area contributed by atoms with Gasteiger partial charge in [0.1, 0.15) is 11.3 Å². The van der Waals surface area contributed by atoms with Gasteiger partial charge in [0.2, 0.25) is 5.91 Å². The zero-order valence-corrected chi connectivity index (χ0v) is 25.5. The van der Waals surface area contributed by atoms with E-state index in [2.05, 4.69) is 4.98 Å². The Balaban J connectivity index is 1.72. The lowest BCUT2D eigenvalue weighted by atomic mass is 9.96. The van der Waals surface area contributed by atoms with Crippen molar-refractivity contribution in [2.45, 2.75) is 33.7 Å². The van der Waals surface area contributed by atoms with Gasteiger partial charge < -0.3 is 19.4 Å². The molecule has 3 aromatic carbocycles. The van der Waals surface area contributed by atoms with Gasteiger partial charge in [-0.05, 0) is 49.2 Å².